The number of rotatable bonds is 3. The van der Waals surface area contributed by atoms with Gasteiger partial charge < -0.3 is 15.3 Å². The Labute approximate surface area is 238 Å². The molecule has 0 unspecified atom stereocenters. The van der Waals surface area contributed by atoms with Crippen LogP contribution in [0.5, 0.6) is 11.5 Å². The molecular weight excluding hydrogens is 480 g/mol. The molecule has 0 aliphatic carbocycles. The molecule has 0 aromatic heterocycles. The first kappa shape index (κ1) is 37.6. The molecule has 3 nitrogen and oxygen atoms in total. The molecule has 4 aromatic rings. The maximum atomic E-state index is 9.49. The molecule has 4 aromatic carbocycles. The number of phenolic OH excluding ortho intramolecular Hbond substituents is 2. The van der Waals surface area contributed by atoms with Crippen molar-refractivity contribution in [2.75, 3.05) is 0 Å². The quantitative estimate of drug-likeness (QED) is 0.246. The Balaban J connectivity index is 0. The Kier molecular flexibility index (Phi) is 20.6. The predicted molar refractivity (Wildman–Crippen MR) is 171 cm³/mol. The highest BCUT2D eigenvalue weighted by Gasteiger charge is 2.22. The van der Waals surface area contributed by atoms with Gasteiger partial charge in [0.2, 0.25) is 0 Å². The van der Waals surface area contributed by atoms with Crippen LogP contribution >= 0.6 is 0 Å². The van der Waals surface area contributed by atoms with Crippen molar-refractivity contribution in [3.63, 3.8) is 0 Å². The lowest BCUT2D eigenvalue weighted by Crippen LogP contribution is -2.18. The van der Waals surface area contributed by atoms with E-state index >= 15 is 0 Å². The van der Waals surface area contributed by atoms with Gasteiger partial charge >= 0.3 is 0 Å². The van der Waals surface area contributed by atoms with Crippen molar-refractivity contribution in [2.45, 2.75) is 80.3 Å². The van der Waals surface area contributed by atoms with Crippen molar-refractivity contribution in [3.8, 4) is 11.5 Å². The normalized spacial score (nSPS) is 9.62. The van der Waals surface area contributed by atoms with E-state index in [2.05, 4.69) is 38.1 Å². The highest BCUT2D eigenvalue weighted by molar-refractivity contribution is 5.39. The number of hydrogen-bond donors (Lipinski definition) is 3. The van der Waals surface area contributed by atoms with Gasteiger partial charge in [-0.3, -0.25) is 0 Å². The Hall–Kier alpha value is -3.56. The van der Waals surface area contributed by atoms with Crippen LogP contribution in [0.25, 0.3) is 0 Å². The molecule has 0 spiro atoms. The SMILES string of the molecule is CC.CC.CC.CC(C)(O)c1ccccc1.CC(C)(c1ccccc1)c1ccc(O)cc1.Oc1ccccc1. The van der Waals surface area contributed by atoms with Crippen molar-refractivity contribution in [2.24, 2.45) is 0 Å². The number of benzene rings is 4. The molecule has 0 bridgehead atoms. The van der Waals surface area contributed by atoms with Gasteiger partial charge in [-0.25, -0.2) is 0 Å². The minimum atomic E-state index is -0.707. The van der Waals surface area contributed by atoms with Gasteiger partial charge in [-0.1, -0.05) is 146 Å². The summed E-state index contributed by atoms with van der Waals surface area (Å²) >= 11 is 0. The maximum absolute atomic E-state index is 9.49. The molecule has 0 saturated heterocycles. The summed E-state index contributed by atoms with van der Waals surface area (Å²) in [7, 11) is 0. The highest BCUT2D eigenvalue weighted by Crippen LogP contribution is 2.31. The molecule has 0 atom stereocenters. The van der Waals surface area contributed by atoms with Gasteiger partial charge in [0, 0.05) is 5.41 Å². The van der Waals surface area contributed by atoms with Gasteiger partial charge in [-0.15, -0.1) is 0 Å². The number of para-hydroxylation sites is 1. The van der Waals surface area contributed by atoms with Crippen molar-refractivity contribution in [1.29, 1.82) is 0 Å². The number of aliphatic hydroxyl groups is 1. The molecule has 3 N–H and O–H groups in total. The minimum Gasteiger partial charge on any atom is -0.508 e. The third-order valence-electron chi connectivity index (χ3n) is 5.32. The summed E-state index contributed by atoms with van der Waals surface area (Å²) in [5.41, 5.74) is 2.70. The van der Waals surface area contributed by atoms with Gasteiger partial charge in [0.25, 0.3) is 0 Å². The minimum absolute atomic E-state index is 0.0328. The van der Waals surface area contributed by atoms with Crippen LogP contribution in [0.4, 0.5) is 0 Å². The van der Waals surface area contributed by atoms with E-state index in [-0.39, 0.29) is 5.41 Å². The van der Waals surface area contributed by atoms with E-state index in [1.807, 2.05) is 96.1 Å². The monoisotopic (exact) mass is 532 g/mol. The van der Waals surface area contributed by atoms with E-state index in [0.29, 0.717) is 11.5 Å². The zero-order chi connectivity index (χ0) is 30.3. The molecule has 3 heteroatoms. The lowest BCUT2D eigenvalue weighted by Gasteiger charge is -2.26. The maximum Gasteiger partial charge on any atom is 0.115 e. The van der Waals surface area contributed by atoms with Gasteiger partial charge in [-0.2, -0.15) is 0 Å². The fourth-order valence-electron chi connectivity index (χ4n) is 3.17. The lowest BCUT2D eigenvalue weighted by molar-refractivity contribution is 0.0786. The smallest absolute Gasteiger partial charge is 0.115 e. The van der Waals surface area contributed by atoms with E-state index in [9.17, 15) is 10.2 Å². The molecule has 0 fully saturated rings. The van der Waals surface area contributed by atoms with Gasteiger partial charge in [0.15, 0.2) is 0 Å². The summed E-state index contributed by atoms with van der Waals surface area (Å²) in [6, 6.07) is 36.1. The van der Waals surface area contributed by atoms with E-state index in [4.69, 9.17) is 5.11 Å². The van der Waals surface area contributed by atoms with Crippen LogP contribution in [-0.4, -0.2) is 15.3 Å². The summed E-state index contributed by atoms with van der Waals surface area (Å²) in [4.78, 5) is 0. The topological polar surface area (TPSA) is 60.7 Å². The first-order chi connectivity index (χ1) is 18.6. The standard InChI is InChI=1S/C15H16O.C9H12O.C6H6O.3C2H6/c1-15(2,12-6-4-3-5-7-12)13-8-10-14(16)11-9-13;1-9(2,10)8-6-4-3-5-7-8;7-6-4-2-1-3-5-6;3*1-2/h3-11,16H,1-2H3;3-7,10H,1-2H3;1-5,7H;3*1-2H3. The second kappa shape index (κ2) is 21.4. The first-order valence-corrected chi connectivity index (χ1v) is 14.0. The van der Waals surface area contributed by atoms with Crippen LogP contribution in [0, 0.1) is 0 Å². The second-order valence-electron chi connectivity index (χ2n) is 8.80. The Morgan fingerprint density at radius 1 is 0.385 bits per heavy atom. The summed E-state index contributed by atoms with van der Waals surface area (Å²) in [5.74, 6) is 0.634. The molecule has 0 radical (unpaired) electrons. The lowest BCUT2D eigenvalue weighted by atomic mass is 9.78. The molecule has 0 heterocycles. The summed E-state index contributed by atoms with van der Waals surface area (Å²) in [6.07, 6.45) is 0. The number of phenols is 2. The van der Waals surface area contributed by atoms with Gasteiger partial charge in [0.05, 0.1) is 5.60 Å². The van der Waals surface area contributed by atoms with Crippen LogP contribution in [0.15, 0.2) is 115 Å². The fraction of sp³-hybridized carbons (Fsp3) is 0.333. The van der Waals surface area contributed by atoms with Gasteiger partial charge in [0.1, 0.15) is 11.5 Å². The molecule has 0 aliphatic heterocycles. The van der Waals surface area contributed by atoms with Crippen LogP contribution in [0.2, 0.25) is 0 Å². The van der Waals surface area contributed by atoms with Gasteiger partial charge in [-0.05, 0) is 54.8 Å². The highest BCUT2D eigenvalue weighted by atomic mass is 16.3. The third-order valence-corrected chi connectivity index (χ3v) is 5.32. The molecule has 0 aliphatic rings. The van der Waals surface area contributed by atoms with Crippen molar-refractivity contribution >= 4 is 0 Å². The largest absolute Gasteiger partial charge is 0.508 e. The fourth-order valence-corrected chi connectivity index (χ4v) is 3.17. The Morgan fingerprint density at radius 3 is 0.949 bits per heavy atom. The average molecular weight is 533 g/mol. The molecule has 0 saturated carbocycles. The zero-order valence-electron chi connectivity index (χ0n) is 25.8. The Bertz CT molecular complexity index is 1050. The van der Waals surface area contributed by atoms with Crippen molar-refractivity contribution < 1.29 is 15.3 Å². The van der Waals surface area contributed by atoms with E-state index < -0.39 is 5.60 Å². The van der Waals surface area contributed by atoms with Crippen LogP contribution in [0.3, 0.4) is 0 Å². The van der Waals surface area contributed by atoms with Crippen molar-refractivity contribution in [3.05, 3.63) is 132 Å². The predicted octanol–water partition coefficient (Wildman–Crippen LogP) is 10.1. The van der Waals surface area contributed by atoms with Crippen LogP contribution < -0.4 is 0 Å². The molecular formula is C36H52O3. The molecule has 39 heavy (non-hydrogen) atoms. The third kappa shape index (κ3) is 15.4. The van der Waals surface area contributed by atoms with E-state index in [1.165, 1.54) is 11.1 Å². The van der Waals surface area contributed by atoms with Crippen LogP contribution in [-0.2, 0) is 11.0 Å². The Morgan fingerprint density at radius 2 is 0.667 bits per heavy atom. The van der Waals surface area contributed by atoms with Crippen molar-refractivity contribution in [1.82, 2.24) is 0 Å². The molecule has 4 rings (SSSR count). The summed E-state index contributed by atoms with van der Waals surface area (Å²) < 4.78 is 0. The first-order valence-electron chi connectivity index (χ1n) is 14.0. The average Bonchev–Trinajstić information content (AvgIpc) is 2.98. The zero-order valence-corrected chi connectivity index (χ0v) is 25.8. The number of hydrogen-bond acceptors (Lipinski definition) is 3. The second-order valence-corrected chi connectivity index (χ2v) is 8.80. The number of aromatic hydroxyl groups is 2. The van der Waals surface area contributed by atoms with E-state index in [0.717, 1.165) is 5.56 Å². The van der Waals surface area contributed by atoms with Crippen LogP contribution in [0.1, 0.15) is 85.9 Å². The van der Waals surface area contributed by atoms with E-state index in [1.54, 1.807) is 50.2 Å². The summed E-state index contributed by atoms with van der Waals surface area (Å²) in [6.45, 7) is 19.9. The summed E-state index contributed by atoms with van der Waals surface area (Å²) in [5, 5.41) is 27.4. The molecule has 214 valence electrons. The molecule has 0 amide bonds.